The van der Waals surface area contributed by atoms with Crippen LogP contribution in [-0.2, 0) is 4.79 Å². The van der Waals surface area contributed by atoms with Crippen LogP contribution in [-0.4, -0.2) is 71.2 Å². The third kappa shape index (κ3) is 4.84. The van der Waals surface area contributed by atoms with E-state index in [1.807, 2.05) is 24.3 Å². The first-order chi connectivity index (χ1) is 15.0. The lowest BCUT2D eigenvalue weighted by molar-refractivity contribution is -0.130. The van der Waals surface area contributed by atoms with Crippen molar-refractivity contribution in [2.75, 3.05) is 59.5 Å². The summed E-state index contributed by atoms with van der Waals surface area (Å²) in [5.74, 6) is 1.47. The summed E-state index contributed by atoms with van der Waals surface area (Å²) in [6.07, 6.45) is -0.215. The summed E-state index contributed by atoms with van der Waals surface area (Å²) < 4.78 is 21.3. The molecule has 166 valence electrons. The van der Waals surface area contributed by atoms with E-state index in [-0.39, 0.29) is 18.1 Å². The van der Waals surface area contributed by atoms with E-state index in [1.54, 1.807) is 24.1 Å². The fourth-order valence-corrected chi connectivity index (χ4v) is 3.68. The Labute approximate surface area is 182 Å². The Bertz CT molecular complexity index is 912. The van der Waals surface area contributed by atoms with Crippen LogP contribution in [0.3, 0.4) is 0 Å². The fraction of sp³-hybridized carbons (Fsp3) is 0.391. The number of hydrogen-bond donors (Lipinski definition) is 0. The third-order valence-electron chi connectivity index (χ3n) is 5.36. The van der Waals surface area contributed by atoms with E-state index in [0.717, 1.165) is 11.4 Å². The van der Waals surface area contributed by atoms with Gasteiger partial charge < -0.3 is 28.7 Å². The number of ether oxygens (including phenoxy) is 4. The molecule has 31 heavy (non-hydrogen) atoms. The lowest BCUT2D eigenvalue weighted by Crippen LogP contribution is -2.49. The summed E-state index contributed by atoms with van der Waals surface area (Å²) in [5, 5.41) is 0. The Morgan fingerprint density at radius 3 is 1.94 bits per heavy atom. The maximum Gasteiger partial charge on any atom is 0.230 e. The Balaban J connectivity index is 1.64. The average Bonchev–Trinajstić information content (AvgIpc) is 2.82. The van der Waals surface area contributed by atoms with Crippen molar-refractivity contribution >= 4 is 17.4 Å². The Hall–Kier alpha value is -3.42. The zero-order valence-electron chi connectivity index (χ0n) is 18.3. The van der Waals surface area contributed by atoms with Gasteiger partial charge in [-0.3, -0.25) is 9.59 Å². The molecule has 1 saturated heterocycles. The van der Waals surface area contributed by atoms with Gasteiger partial charge in [0.2, 0.25) is 11.7 Å². The van der Waals surface area contributed by atoms with Crippen LogP contribution in [0.25, 0.3) is 0 Å². The number of carbonyl (C=O) groups excluding carboxylic acids is 2. The molecule has 0 aliphatic carbocycles. The summed E-state index contributed by atoms with van der Waals surface area (Å²) >= 11 is 0. The molecule has 0 spiro atoms. The van der Waals surface area contributed by atoms with Crippen LogP contribution in [0.5, 0.6) is 23.0 Å². The number of hydrogen-bond acceptors (Lipinski definition) is 7. The fourth-order valence-electron chi connectivity index (χ4n) is 3.68. The predicted octanol–water partition coefficient (Wildman–Crippen LogP) is 2.64. The number of carbonyl (C=O) groups is 2. The average molecular weight is 428 g/mol. The maximum absolute atomic E-state index is 12.8. The second kappa shape index (κ2) is 10.1. The third-order valence-corrected chi connectivity index (χ3v) is 5.36. The summed E-state index contributed by atoms with van der Waals surface area (Å²) in [6.45, 7) is 2.42. The Kier molecular flexibility index (Phi) is 7.23. The zero-order valence-corrected chi connectivity index (χ0v) is 18.3. The van der Waals surface area contributed by atoms with Gasteiger partial charge in [0.05, 0.1) is 40.5 Å². The summed E-state index contributed by atoms with van der Waals surface area (Å²) in [4.78, 5) is 29.4. The zero-order chi connectivity index (χ0) is 22.4. The number of piperazine rings is 1. The number of Topliss-reactive ketones (excluding diaryl/α,β-unsaturated/α-hetero) is 1. The standard InChI is InChI=1S/C23H28N2O6/c1-28-19-8-6-5-7-17(19)24-9-11-25(12-10-24)22(27)15-18(26)16-13-20(29-2)23(31-4)21(14-16)30-3/h5-8,13-14H,9-12,15H2,1-4H3. The van der Waals surface area contributed by atoms with Gasteiger partial charge in [0.15, 0.2) is 17.3 Å². The van der Waals surface area contributed by atoms with Gasteiger partial charge in [-0.15, -0.1) is 0 Å². The second-order valence-electron chi connectivity index (χ2n) is 7.05. The largest absolute Gasteiger partial charge is 0.495 e. The van der Waals surface area contributed by atoms with Crippen LogP contribution in [0.2, 0.25) is 0 Å². The number of methoxy groups -OCH3 is 4. The van der Waals surface area contributed by atoms with E-state index in [1.165, 1.54) is 21.3 Å². The molecule has 0 radical (unpaired) electrons. The molecule has 2 aromatic rings. The number of para-hydroxylation sites is 2. The van der Waals surface area contributed by atoms with E-state index in [0.29, 0.717) is 49.0 Å². The molecule has 1 amide bonds. The molecule has 0 N–H and O–H groups in total. The molecule has 1 heterocycles. The van der Waals surface area contributed by atoms with Gasteiger partial charge in [0, 0.05) is 31.7 Å². The molecule has 0 unspecified atom stereocenters. The monoisotopic (exact) mass is 428 g/mol. The smallest absolute Gasteiger partial charge is 0.230 e. The highest BCUT2D eigenvalue weighted by atomic mass is 16.5. The van der Waals surface area contributed by atoms with Crippen molar-refractivity contribution in [3.8, 4) is 23.0 Å². The first-order valence-electron chi connectivity index (χ1n) is 10.0. The minimum absolute atomic E-state index is 0.196. The quantitative estimate of drug-likeness (QED) is 0.473. The van der Waals surface area contributed by atoms with Crippen molar-refractivity contribution in [3.63, 3.8) is 0 Å². The van der Waals surface area contributed by atoms with Gasteiger partial charge in [-0.05, 0) is 24.3 Å². The van der Waals surface area contributed by atoms with Gasteiger partial charge in [-0.2, -0.15) is 0 Å². The Morgan fingerprint density at radius 2 is 1.39 bits per heavy atom. The molecule has 1 aliphatic rings. The van der Waals surface area contributed by atoms with Crippen molar-refractivity contribution < 1.29 is 28.5 Å². The van der Waals surface area contributed by atoms with E-state index >= 15 is 0 Å². The van der Waals surface area contributed by atoms with Crippen molar-refractivity contribution in [2.45, 2.75) is 6.42 Å². The van der Waals surface area contributed by atoms with E-state index < -0.39 is 0 Å². The summed E-state index contributed by atoms with van der Waals surface area (Å²) in [6, 6.07) is 10.9. The summed E-state index contributed by atoms with van der Waals surface area (Å²) in [7, 11) is 6.11. The van der Waals surface area contributed by atoms with Gasteiger partial charge in [0.1, 0.15) is 5.75 Å². The molecule has 0 aromatic heterocycles. The van der Waals surface area contributed by atoms with Crippen molar-refractivity contribution in [3.05, 3.63) is 42.0 Å². The number of nitrogens with zero attached hydrogens (tertiary/aromatic N) is 2. The molecule has 0 atom stereocenters. The lowest BCUT2D eigenvalue weighted by atomic mass is 10.1. The molecule has 0 saturated carbocycles. The highest BCUT2D eigenvalue weighted by molar-refractivity contribution is 6.08. The number of benzene rings is 2. The number of anilines is 1. The number of amides is 1. The highest BCUT2D eigenvalue weighted by Gasteiger charge is 2.25. The topological polar surface area (TPSA) is 77.5 Å². The summed E-state index contributed by atoms with van der Waals surface area (Å²) in [5.41, 5.74) is 1.35. The van der Waals surface area contributed by atoms with Gasteiger partial charge >= 0.3 is 0 Å². The van der Waals surface area contributed by atoms with Crippen LogP contribution < -0.4 is 23.8 Å². The van der Waals surface area contributed by atoms with Gasteiger partial charge in [-0.1, -0.05) is 12.1 Å². The first-order valence-corrected chi connectivity index (χ1v) is 10.0. The van der Waals surface area contributed by atoms with E-state index in [2.05, 4.69) is 4.90 Å². The van der Waals surface area contributed by atoms with Gasteiger partial charge in [0.25, 0.3) is 0 Å². The second-order valence-corrected chi connectivity index (χ2v) is 7.05. The van der Waals surface area contributed by atoms with E-state index in [4.69, 9.17) is 18.9 Å². The normalized spacial score (nSPS) is 13.5. The molecule has 8 heteroatoms. The number of ketones is 1. The molecule has 0 bridgehead atoms. The van der Waals surface area contributed by atoms with Crippen LogP contribution in [0, 0.1) is 0 Å². The van der Waals surface area contributed by atoms with E-state index in [9.17, 15) is 9.59 Å². The van der Waals surface area contributed by atoms with Crippen molar-refractivity contribution in [1.82, 2.24) is 4.90 Å². The molecular formula is C23H28N2O6. The van der Waals surface area contributed by atoms with Crippen molar-refractivity contribution in [2.24, 2.45) is 0 Å². The minimum Gasteiger partial charge on any atom is -0.495 e. The molecular weight excluding hydrogens is 400 g/mol. The van der Waals surface area contributed by atoms with Crippen LogP contribution in [0.15, 0.2) is 36.4 Å². The number of rotatable bonds is 8. The minimum atomic E-state index is -0.295. The maximum atomic E-state index is 12.8. The molecule has 2 aromatic carbocycles. The predicted molar refractivity (Wildman–Crippen MR) is 117 cm³/mol. The van der Waals surface area contributed by atoms with Gasteiger partial charge in [-0.25, -0.2) is 0 Å². The molecule has 8 nitrogen and oxygen atoms in total. The first kappa shape index (κ1) is 22.3. The molecule has 1 aliphatic heterocycles. The van der Waals surface area contributed by atoms with Crippen molar-refractivity contribution in [1.29, 1.82) is 0 Å². The lowest BCUT2D eigenvalue weighted by Gasteiger charge is -2.36. The Morgan fingerprint density at radius 1 is 0.806 bits per heavy atom. The van der Waals surface area contributed by atoms with Crippen LogP contribution in [0.4, 0.5) is 5.69 Å². The highest BCUT2D eigenvalue weighted by Crippen LogP contribution is 2.38. The molecule has 1 fully saturated rings. The molecule has 3 rings (SSSR count). The SMILES string of the molecule is COc1ccccc1N1CCN(C(=O)CC(=O)c2cc(OC)c(OC)c(OC)c2)CC1. The van der Waals surface area contributed by atoms with Crippen LogP contribution in [0.1, 0.15) is 16.8 Å². The van der Waals surface area contributed by atoms with Crippen LogP contribution >= 0.6 is 0 Å².